The van der Waals surface area contributed by atoms with Crippen LogP contribution in [0.5, 0.6) is 0 Å². The number of para-hydroxylation sites is 1. The minimum atomic E-state index is 0.288. The molecule has 0 amide bonds. The highest BCUT2D eigenvalue weighted by atomic mass is 35.5. The Labute approximate surface area is 135 Å². The van der Waals surface area contributed by atoms with Crippen LogP contribution in [-0.4, -0.2) is 10.1 Å². The van der Waals surface area contributed by atoms with Crippen LogP contribution >= 0.6 is 34.8 Å². The number of anilines is 1. The number of rotatable bonds is 2. The van der Waals surface area contributed by atoms with Crippen molar-refractivity contribution in [2.24, 2.45) is 0 Å². The van der Waals surface area contributed by atoms with E-state index in [0.717, 1.165) is 0 Å². The van der Waals surface area contributed by atoms with E-state index in [2.05, 4.69) is 10.1 Å². The summed E-state index contributed by atoms with van der Waals surface area (Å²) in [5.41, 5.74) is 7.58. The first kappa shape index (κ1) is 14.2. The molecule has 0 atom stereocenters. The predicted molar refractivity (Wildman–Crippen MR) is 84.6 cm³/mol. The lowest BCUT2D eigenvalue weighted by atomic mass is 10.2. The molecule has 0 radical (unpaired) electrons. The van der Waals surface area contributed by atoms with Crippen LogP contribution in [0, 0.1) is 0 Å². The number of hydrogen-bond acceptors (Lipinski definition) is 4. The van der Waals surface area contributed by atoms with E-state index >= 15 is 0 Å². The van der Waals surface area contributed by atoms with Gasteiger partial charge in [0.1, 0.15) is 0 Å². The zero-order valence-corrected chi connectivity index (χ0v) is 12.7. The van der Waals surface area contributed by atoms with Crippen LogP contribution in [0.3, 0.4) is 0 Å². The van der Waals surface area contributed by atoms with Gasteiger partial charge in [-0.15, -0.1) is 0 Å². The third kappa shape index (κ3) is 2.70. The number of halogens is 3. The standard InChI is InChI=1S/C14H8Cl3N3O/c15-9-5-4-7(6-11(9)17)13-19-14(21-20-13)8-2-1-3-10(16)12(8)18/h1-6H,18H2. The zero-order chi connectivity index (χ0) is 15.0. The van der Waals surface area contributed by atoms with Crippen molar-refractivity contribution in [3.63, 3.8) is 0 Å². The maximum absolute atomic E-state index is 5.98. The van der Waals surface area contributed by atoms with Crippen LogP contribution in [0.4, 0.5) is 5.69 Å². The third-order valence-corrected chi connectivity index (χ3v) is 3.96. The van der Waals surface area contributed by atoms with Crippen LogP contribution in [0.2, 0.25) is 15.1 Å². The molecule has 3 aromatic rings. The highest BCUT2D eigenvalue weighted by Crippen LogP contribution is 2.32. The summed E-state index contributed by atoms with van der Waals surface area (Å²) in [6.45, 7) is 0. The van der Waals surface area contributed by atoms with Crippen molar-refractivity contribution in [1.82, 2.24) is 10.1 Å². The van der Waals surface area contributed by atoms with Crippen LogP contribution < -0.4 is 5.73 Å². The van der Waals surface area contributed by atoms with E-state index in [0.29, 0.717) is 37.7 Å². The van der Waals surface area contributed by atoms with Crippen molar-refractivity contribution >= 4 is 40.5 Å². The average Bonchev–Trinajstić information content (AvgIpc) is 2.94. The molecule has 4 nitrogen and oxygen atoms in total. The summed E-state index contributed by atoms with van der Waals surface area (Å²) in [5, 5.41) is 5.23. The van der Waals surface area contributed by atoms with Gasteiger partial charge in [-0.1, -0.05) is 46.0 Å². The number of hydrogen-bond donors (Lipinski definition) is 1. The maximum Gasteiger partial charge on any atom is 0.260 e. The Kier molecular flexibility index (Phi) is 3.76. The van der Waals surface area contributed by atoms with Gasteiger partial charge in [0.25, 0.3) is 5.89 Å². The summed E-state index contributed by atoms with van der Waals surface area (Å²) in [6, 6.07) is 10.3. The maximum atomic E-state index is 5.98. The highest BCUT2D eigenvalue weighted by molar-refractivity contribution is 6.42. The molecule has 0 bridgehead atoms. The lowest BCUT2D eigenvalue weighted by Gasteiger charge is -2.01. The Bertz CT molecular complexity index is 817. The van der Waals surface area contributed by atoms with E-state index in [1.165, 1.54) is 0 Å². The Morgan fingerprint density at radius 2 is 1.76 bits per heavy atom. The molecule has 2 aromatic carbocycles. The fourth-order valence-corrected chi connectivity index (χ4v) is 2.28. The van der Waals surface area contributed by atoms with Crippen molar-refractivity contribution in [1.29, 1.82) is 0 Å². The van der Waals surface area contributed by atoms with Gasteiger partial charge >= 0.3 is 0 Å². The molecule has 0 saturated carbocycles. The second-order valence-corrected chi connectivity index (χ2v) is 5.47. The largest absolute Gasteiger partial charge is 0.397 e. The second kappa shape index (κ2) is 5.56. The van der Waals surface area contributed by atoms with E-state index in [4.69, 9.17) is 45.1 Å². The summed E-state index contributed by atoms with van der Waals surface area (Å²) in [4.78, 5) is 4.31. The zero-order valence-electron chi connectivity index (χ0n) is 10.5. The predicted octanol–water partition coefficient (Wildman–Crippen LogP) is 4.95. The van der Waals surface area contributed by atoms with E-state index in [-0.39, 0.29) is 5.89 Å². The Hall–Kier alpha value is -1.75. The Morgan fingerprint density at radius 1 is 0.952 bits per heavy atom. The van der Waals surface area contributed by atoms with Crippen molar-refractivity contribution in [3.8, 4) is 22.8 Å². The quantitative estimate of drug-likeness (QED) is 0.671. The van der Waals surface area contributed by atoms with Gasteiger partial charge in [0.05, 0.1) is 26.3 Å². The molecular formula is C14H8Cl3N3O. The fourth-order valence-electron chi connectivity index (χ4n) is 1.81. The molecule has 0 spiro atoms. The van der Waals surface area contributed by atoms with Crippen LogP contribution in [-0.2, 0) is 0 Å². The second-order valence-electron chi connectivity index (χ2n) is 4.25. The summed E-state index contributed by atoms with van der Waals surface area (Å²) in [5.74, 6) is 0.680. The minimum absolute atomic E-state index is 0.288. The number of nitrogens with two attached hydrogens (primary N) is 1. The molecule has 0 fully saturated rings. The van der Waals surface area contributed by atoms with Crippen molar-refractivity contribution in [2.75, 3.05) is 5.73 Å². The topological polar surface area (TPSA) is 64.9 Å². The smallest absolute Gasteiger partial charge is 0.260 e. The van der Waals surface area contributed by atoms with Crippen molar-refractivity contribution < 1.29 is 4.52 Å². The van der Waals surface area contributed by atoms with Gasteiger partial charge in [-0.05, 0) is 30.3 Å². The van der Waals surface area contributed by atoms with Gasteiger partial charge in [0.2, 0.25) is 5.82 Å². The van der Waals surface area contributed by atoms with Crippen LogP contribution in [0.1, 0.15) is 0 Å². The van der Waals surface area contributed by atoms with Gasteiger partial charge in [0, 0.05) is 5.56 Å². The SMILES string of the molecule is Nc1c(Cl)cccc1-c1nc(-c2ccc(Cl)c(Cl)c2)no1. The molecule has 7 heteroatoms. The highest BCUT2D eigenvalue weighted by Gasteiger charge is 2.15. The van der Waals surface area contributed by atoms with E-state index in [1.54, 1.807) is 36.4 Å². The van der Waals surface area contributed by atoms with Gasteiger partial charge in [-0.2, -0.15) is 4.98 Å². The fraction of sp³-hybridized carbons (Fsp3) is 0. The summed E-state index contributed by atoms with van der Waals surface area (Å²) >= 11 is 17.8. The molecule has 2 N–H and O–H groups in total. The van der Waals surface area contributed by atoms with Gasteiger partial charge in [-0.25, -0.2) is 0 Å². The first-order valence-electron chi connectivity index (χ1n) is 5.90. The van der Waals surface area contributed by atoms with Gasteiger partial charge in [-0.3, -0.25) is 0 Å². The lowest BCUT2D eigenvalue weighted by Crippen LogP contribution is -1.91. The Balaban J connectivity index is 2.03. The van der Waals surface area contributed by atoms with E-state index in [1.807, 2.05) is 0 Å². The summed E-state index contributed by atoms with van der Waals surface area (Å²) in [6.07, 6.45) is 0. The normalized spacial score (nSPS) is 10.8. The van der Waals surface area contributed by atoms with Gasteiger partial charge in [0.15, 0.2) is 0 Å². The molecule has 0 saturated heterocycles. The molecule has 0 aliphatic carbocycles. The molecule has 1 heterocycles. The molecule has 3 rings (SSSR count). The van der Waals surface area contributed by atoms with Crippen LogP contribution in [0.15, 0.2) is 40.9 Å². The number of benzene rings is 2. The first-order chi connectivity index (χ1) is 10.1. The number of aromatic nitrogens is 2. The summed E-state index contributed by atoms with van der Waals surface area (Å²) in [7, 11) is 0. The molecular weight excluding hydrogens is 333 g/mol. The first-order valence-corrected chi connectivity index (χ1v) is 7.03. The Morgan fingerprint density at radius 3 is 2.52 bits per heavy atom. The van der Waals surface area contributed by atoms with Crippen molar-refractivity contribution in [3.05, 3.63) is 51.5 Å². The van der Waals surface area contributed by atoms with Crippen molar-refractivity contribution in [2.45, 2.75) is 0 Å². The summed E-state index contributed by atoms with van der Waals surface area (Å²) < 4.78 is 5.24. The lowest BCUT2D eigenvalue weighted by molar-refractivity contribution is 0.432. The monoisotopic (exact) mass is 339 g/mol. The molecule has 0 unspecified atom stereocenters. The minimum Gasteiger partial charge on any atom is -0.397 e. The molecule has 0 aliphatic rings. The molecule has 0 aliphatic heterocycles. The number of nitrogens with zero attached hydrogens (tertiary/aromatic N) is 2. The van der Waals surface area contributed by atoms with E-state index in [9.17, 15) is 0 Å². The third-order valence-electron chi connectivity index (χ3n) is 2.89. The molecule has 21 heavy (non-hydrogen) atoms. The van der Waals surface area contributed by atoms with Gasteiger partial charge < -0.3 is 10.3 Å². The molecule has 106 valence electrons. The van der Waals surface area contributed by atoms with Crippen LogP contribution in [0.25, 0.3) is 22.8 Å². The number of nitrogen functional groups attached to an aromatic ring is 1. The van der Waals surface area contributed by atoms with E-state index < -0.39 is 0 Å². The average molecular weight is 341 g/mol. The molecule has 1 aromatic heterocycles.